The maximum absolute atomic E-state index is 13.4. The molecular formula is C20H14O4S. The molecule has 0 saturated heterocycles. The predicted octanol–water partition coefficient (Wildman–Crippen LogP) is 4.24. The molecule has 0 spiro atoms. The van der Waals surface area contributed by atoms with E-state index in [4.69, 9.17) is 0 Å². The monoisotopic (exact) mass is 350 g/mol. The van der Waals surface area contributed by atoms with Crippen molar-refractivity contribution in [1.29, 1.82) is 0 Å². The smallest absolute Gasteiger partial charge is 0.215 e. The Morgan fingerprint density at radius 2 is 0.960 bits per heavy atom. The van der Waals surface area contributed by atoms with Crippen LogP contribution in [0.3, 0.4) is 0 Å². The van der Waals surface area contributed by atoms with Crippen LogP contribution in [0.4, 0.5) is 0 Å². The molecule has 4 aromatic carbocycles. The normalized spacial score (nSPS) is 11.8. The zero-order valence-electron chi connectivity index (χ0n) is 13.0. The van der Waals surface area contributed by atoms with Gasteiger partial charge in [-0.15, -0.1) is 0 Å². The molecule has 0 atom stereocenters. The van der Waals surface area contributed by atoms with Gasteiger partial charge in [0, 0.05) is 10.8 Å². The second-order valence-electron chi connectivity index (χ2n) is 5.77. The zero-order chi connectivity index (χ0) is 17.6. The number of sulfone groups is 1. The summed E-state index contributed by atoms with van der Waals surface area (Å²) < 4.78 is 26.8. The van der Waals surface area contributed by atoms with Gasteiger partial charge in [0.1, 0.15) is 21.3 Å². The van der Waals surface area contributed by atoms with Crippen LogP contribution in [0.15, 0.2) is 82.6 Å². The van der Waals surface area contributed by atoms with E-state index in [1.165, 1.54) is 12.1 Å². The molecular weight excluding hydrogens is 336 g/mol. The number of benzene rings is 4. The first-order valence-electron chi connectivity index (χ1n) is 7.66. The Bertz CT molecular complexity index is 1140. The van der Waals surface area contributed by atoms with Crippen LogP contribution < -0.4 is 0 Å². The molecule has 0 saturated carbocycles. The molecule has 4 rings (SSSR count). The van der Waals surface area contributed by atoms with Crippen LogP contribution in [-0.2, 0) is 9.84 Å². The molecule has 124 valence electrons. The van der Waals surface area contributed by atoms with Gasteiger partial charge in [-0.25, -0.2) is 8.42 Å². The molecule has 25 heavy (non-hydrogen) atoms. The van der Waals surface area contributed by atoms with E-state index in [2.05, 4.69) is 0 Å². The van der Waals surface area contributed by atoms with Gasteiger partial charge in [-0.05, 0) is 22.9 Å². The Balaban J connectivity index is 2.15. The van der Waals surface area contributed by atoms with Gasteiger partial charge in [0.2, 0.25) is 9.84 Å². The summed E-state index contributed by atoms with van der Waals surface area (Å²) in [4.78, 5) is -0.394. The van der Waals surface area contributed by atoms with Gasteiger partial charge in [0.05, 0.1) is 0 Å². The quantitative estimate of drug-likeness (QED) is 0.567. The van der Waals surface area contributed by atoms with Crippen molar-refractivity contribution in [2.75, 3.05) is 0 Å². The third kappa shape index (κ3) is 2.32. The number of phenols is 2. The Morgan fingerprint density at radius 1 is 0.560 bits per heavy atom. The largest absolute Gasteiger partial charge is 0.507 e. The summed E-state index contributed by atoms with van der Waals surface area (Å²) in [6.45, 7) is 0. The van der Waals surface area contributed by atoms with E-state index in [-0.39, 0.29) is 21.3 Å². The second-order valence-corrected chi connectivity index (χ2v) is 7.60. The van der Waals surface area contributed by atoms with E-state index in [0.717, 1.165) is 0 Å². The lowest BCUT2D eigenvalue weighted by atomic mass is 10.1. The van der Waals surface area contributed by atoms with Crippen LogP contribution in [0.5, 0.6) is 11.5 Å². The van der Waals surface area contributed by atoms with Crippen LogP contribution in [0.2, 0.25) is 0 Å². The molecule has 0 aliphatic carbocycles. The highest BCUT2D eigenvalue weighted by Gasteiger charge is 2.29. The summed E-state index contributed by atoms with van der Waals surface area (Å²) in [5.74, 6) is -0.683. The maximum atomic E-state index is 13.4. The van der Waals surface area contributed by atoms with Crippen molar-refractivity contribution >= 4 is 31.4 Å². The molecule has 4 aromatic rings. The first-order chi connectivity index (χ1) is 12.0. The summed E-state index contributed by atoms with van der Waals surface area (Å²) in [5, 5.41) is 22.8. The average molecular weight is 350 g/mol. The standard InChI is InChI=1S/C20H14O4S/c21-17-11-9-13-5-1-3-7-15(13)19(17)25(23,24)20-16-8-4-2-6-14(16)10-12-18(20)22/h1-12,21-22H. The van der Waals surface area contributed by atoms with Gasteiger partial charge in [-0.3, -0.25) is 0 Å². The van der Waals surface area contributed by atoms with Crippen molar-refractivity contribution in [3.05, 3.63) is 72.8 Å². The molecule has 4 nitrogen and oxygen atoms in total. The highest BCUT2D eigenvalue weighted by atomic mass is 32.2. The van der Waals surface area contributed by atoms with Crippen molar-refractivity contribution in [3.63, 3.8) is 0 Å². The molecule has 5 heteroatoms. The van der Waals surface area contributed by atoms with Crippen LogP contribution >= 0.6 is 0 Å². The molecule has 0 aliphatic rings. The average Bonchev–Trinajstić information content (AvgIpc) is 2.61. The van der Waals surface area contributed by atoms with E-state index in [1.54, 1.807) is 60.7 Å². The fraction of sp³-hybridized carbons (Fsp3) is 0. The molecule has 0 radical (unpaired) electrons. The minimum absolute atomic E-state index is 0.197. The van der Waals surface area contributed by atoms with Crippen molar-refractivity contribution in [2.45, 2.75) is 9.79 Å². The topological polar surface area (TPSA) is 74.6 Å². The van der Waals surface area contributed by atoms with Crippen LogP contribution in [0.1, 0.15) is 0 Å². The fourth-order valence-corrected chi connectivity index (χ4v) is 4.97. The number of aromatic hydroxyl groups is 2. The van der Waals surface area contributed by atoms with E-state index in [1.807, 2.05) is 0 Å². The number of rotatable bonds is 2. The van der Waals surface area contributed by atoms with Crippen molar-refractivity contribution in [1.82, 2.24) is 0 Å². The summed E-state index contributed by atoms with van der Waals surface area (Å²) in [5.41, 5.74) is 0. The van der Waals surface area contributed by atoms with E-state index >= 15 is 0 Å². The Labute approximate surface area is 144 Å². The Hall–Kier alpha value is -3.05. The van der Waals surface area contributed by atoms with Crippen molar-refractivity contribution in [2.24, 2.45) is 0 Å². The maximum Gasteiger partial charge on any atom is 0.215 e. The predicted molar refractivity (Wildman–Crippen MR) is 96.7 cm³/mol. The number of hydrogen-bond donors (Lipinski definition) is 2. The molecule has 0 unspecified atom stereocenters. The molecule has 0 amide bonds. The van der Waals surface area contributed by atoms with Gasteiger partial charge in [0.25, 0.3) is 0 Å². The van der Waals surface area contributed by atoms with Gasteiger partial charge in [-0.2, -0.15) is 0 Å². The molecule has 0 fully saturated rings. The first-order valence-corrected chi connectivity index (χ1v) is 9.15. The van der Waals surface area contributed by atoms with Crippen LogP contribution in [-0.4, -0.2) is 18.6 Å². The lowest BCUT2D eigenvalue weighted by molar-refractivity contribution is 0.455. The molecule has 0 heterocycles. The first kappa shape index (κ1) is 15.5. The van der Waals surface area contributed by atoms with Gasteiger partial charge in [-0.1, -0.05) is 60.7 Å². The van der Waals surface area contributed by atoms with Gasteiger partial charge < -0.3 is 10.2 Å². The Morgan fingerprint density at radius 3 is 1.40 bits per heavy atom. The number of fused-ring (bicyclic) bond motifs is 2. The summed E-state index contributed by atoms with van der Waals surface area (Å²) in [7, 11) is -4.15. The Kier molecular flexibility index (Phi) is 3.40. The summed E-state index contributed by atoms with van der Waals surface area (Å²) in [6, 6.07) is 19.9. The third-order valence-electron chi connectivity index (χ3n) is 4.26. The zero-order valence-corrected chi connectivity index (χ0v) is 13.9. The lowest BCUT2D eigenvalue weighted by Gasteiger charge is -2.13. The van der Waals surface area contributed by atoms with E-state index in [0.29, 0.717) is 21.5 Å². The number of hydrogen-bond acceptors (Lipinski definition) is 4. The van der Waals surface area contributed by atoms with E-state index < -0.39 is 9.84 Å². The fourth-order valence-electron chi connectivity index (χ4n) is 3.13. The van der Waals surface area contributed by atoms with E-state index in [9.17, 15) is 18.6 Å². The minimum atomic E-state index is -4.15. The number of phenolic OH excluding ortho intramolecular Hbond substituents is 2. The highest BCUT2D eigenvalue weighted by Crippen LogP contribution is 2.41. The second kappa shape index (κ2) is 5.50. The molecule has 2 N–H and O–H groups in total. The minimum Gasteiger partial charge on any atom is -0.507 e. The van der Waals surface area contributed by atoms with Gasteiger partial charge in [0.15, 0.2) is 0 Å². The van der Waals surface area contributed by atoms with Crippen LogP contribution in [0, 0.1) is 0 Å². The van der Waals surface area contributed by atoms with Crippen molar-refractivity contribution in [3.8, 4) is 11.5 Å². The summed E-state index contributed by atoms with van der Waals surface area (Å²) >= 11 is 0. The molecule has 0 aromatic heterocycles. The SMILES string of the molecule is O=S(=O)(c1c(O)ccc2ccccc12)c1c(O)ccc2ccccc12. The summed E-state index contributed by atoms with van der Waals surface area (Å²) in [6.07, 6.45) is 0. The van der Waals surface area contributed by atoms with Crippen molar-refractivity contribution < 1.29 is 18.6 Å². The molecule has 0 bridgehead atoms. The molecule has 0 aliphatic heterocycles. The van der Waals surface area contributed by atoms with Gasteiger partial charge >= 0.3 is 0 Å². The lowest BCUT2D eigenvalue weighted by Crippen LogP contribution is -2.05. The highest BCUT2D eigenvalue weighted by molar-refractivity contribution is 7.92. The van der Waals surface area contributed by atoms with Crippen LogP contribution in [0.25, 0.3) is 21.5 Å². The third-order valence-corrected chi connectivity index (χ3v) is 6.19.